The summed E-state index contributed by atoms with van der Waals surface area (Å²) in [5, 5.41) is 4.76. The molecule has 132 valence electrons. The van der Waals surface area contributed by atoms with E-state index in [-0.39, 0.29) is 5.92 Å². The number of halogens is 1. The molecule has 2 unspecified atom stereocenters. The van der Waals surface area contributed by atoms with Gasteiger partial charge >= 0.3 is 12.0 Å². The predicted molar refractivity (Wildman–Crippen MR) is 86.7 cm³/mol. The summed E-state index contributed by atoms with van der Waals surface area (Å²) in [5.74, 6) is -2.07. The molecular formula is C16H22FN3O4. The van der Waals surface area contributed by atoms with Crippen LogP contribution in [0.25, 0.3) is 0 Å². The van der Waals surface area contributed by atoms with Crippen LogP contribution in [0, 0.1) is 18.7 Å². The number of anilines is 1. The second-order valence-electron chi connectivity index (χ2n) is 5.49. The molecular weight excluding hydrogens is 317 g/mol. The molecule has 1 aromatic carbocycles. The highest BCUT2D eigenvalue weighted by molar-refractivity contribution is 5.94. The third-order valence-electron chi connectivity index (χ3n) is 3.58. The summed E-state index contributed by atoms with van der Waals surface area (Å²) in [7, 11) is 0. The molecule has 24 heavy (non-hydrogen) atoms. The molecule has 1 rings (SSSR count). The van der Waals surface area contributed by atoms with Crippen molar-refractivity contribution in [2.75, 3.05) is 11.9 Å². The Labute approximate surface area is 139 Å². The van der Waals surface area contributed by atoms with Crippen molar-refractivity contribution in [1.29, 1.82) is 0 Å². The number of carbonyl (C=O) groups is 3. The number of ether oxygens (including phenoxy) is 1. The SMILES string of the molecule is CCC(C)C(NC(N)=O)C(=O)OCC(=O)Nc1cc(F)ccc1C. The molecule has 0 aliphatic carbocycles. The van der Waals surface area contributed by atoms with Gasteiger partial charge in [0, 0.05) is 5.69 Å². The van der Waals surface area contributed by atoms with Crippen molar-refractivity contribution in [3.63, 3.8) is 0 Å². The van der Waals surface area contributed by atoms with E-state index in [2.05, 4.69) is 10.6 Å². The van der Waals surface area contributed by atoms with Gasteiger partial charge in [0.1, 0.15) is 11.9 Å². The molecule has 8 heteroatoms. The topological polar surface area (TPSA) is 111 Å². The molecule has 0 bridgehead atoms. The van der Waals surface area contributed by atoms with E-state index in [0.717, 1.165) is 0 Å². The Morgan fingerprint density at radius 3 is 2.58 bits per heavy atom. The summed E-state index contributed by atoms with van der Waals surface area (Å²) in [4.78, 5) is 34.8. The van der Waals surface area contributed by atoms with Crippen molar-refractivity contribution in [3.05, 3.63) is 29.6 Å². The fraction of sp³-hybridized carbons (Fsp3) is 0.438. The first kappa shape index (κ1) is 19.4. The number of hydrogen-bond donors (Lipinski definition) is 3. The lowest BCUT2D eigenvalue weighted by Crippen LogP contribution is -2.48. The molecule has 4 N–H and O–H groups in total. The van der Waals surface area contributed by atoms with E-state index in [1.807, 2.05) is 6.92 Å². The number of amides is 3. The highest BCUT2D eigenvalue weighted by atomic mass is 19.1. The lowest BCUT2D eigenvalue weighted by atomic mass is 9.99. The molecule has 0 saturated heterocycles. The Hall–Kier alpha value is -2.64. The van der Waals surface area contributed by atoms with Crippen LogP contribution in [0.2, 0.25) is 0 Å². The van der Waals surface area contributed by atoms with E-state index in [9.17, 15) is 18.8 Å². The average molecular weight is 339 g/mol. The Balaban J connectivity index is 2.62. The molecule has 0 aliphatic heterocycles. The van der Waals surface area contributed by atoms with E-state index in [1.165, 1.54) is 18.2 Å². The zero-order valence-corrected chi connectivity index (χ0v) is 13.9. The van der Waals surface area contributed by atoms with Crippen molar-refractivity contribution in [3.8, 4) is 0 Å². The van der Waals surface area contributed by atoms with Gasteiger partial charge < -0.3 is 21.1 Å². The van der Waals surface area contributed by atoms with Gasteiger partial charge in [-0.1, -0.05) is 26.3 Å². The predicted octanol–water partition coefficient (Wildman–Crippen LogP) is 1.70. The van der Waals surface area contributed by atoms with Crippen LogP contribution in [0.15, 0.2) is 18.2 Å². The molecule has 0 heterocycles. The Bertz CT molecular complexity index is 621. The van der Waals surface area contributed by atoms with E-state index in [4.69, 9.17) is 10.5 Å². The highest BCUT2D eigenvalue weighted by Crippen LogP contribution is 2.16. The Morgan fingerprint density at radius 1 is 1.33 bits per heavy atom. The molecule has 0 radical (unpaired) electrons. The molecule has 3 amide bonds. The lowest BCUT2D eigenvalue weighted by Gasteiger charge is -2.21. The number of urea groups is 1. The number of rotatable bonds is 7. The largest absolute Gasteiger partial charge is 0.454 e. The number of nitrogens with one attached hydrogen (secondary N) is 2. The van der Waals surface area contributed by atoms with Crippen LogP contribution in [0.5, 0.6) is 0 Å². The molecule has 1 aromatic rings. The van der Waals surface area contributed by atoms with Crippen LogP contribution < -0.4 is 16.4 Å². The molecule has 0 aliphatic rings. The maximum absolute atomic E-state index is 13.2. The van der Waals surface area contributed by atoms with E-state index in [1.54, 1.807) is 13.8 Å². The number of nitrogens with two attached hydrogens (primary N) is 1. The quantitative estimate of drug-likeness (QED) is 0.657. The van der Waals surface area contributed by atoms with Gasteiger partial charge in [-0.3, -0.25) is 4.79 Å². The van der Waals surface area contributed by atoms with Gasteiger partial charge in [0.15, 0.2) is 6.61 Å². The minimum Gasteiger partial charge on any atom is -0.454 e. The van der Waals surface area contributed by atoms with Gasteiger partial charge in [0.05, 0.1) is 0 Å². The van der Waals surface area contributed by atoms with Crippen molar-refractivity contribution in [2.45, 2.75) is 33.2 Å². The van der Waals surface area contributed by atoms with E-state index >= 15 is 0 Å². The van der Waals surface area contributed by atoms with Gasteiger partial charge in [-0.2, -0.15) is 0 Å². The summed E-state index contributed by atoms with van der Waals surface area (Å²) in [6.45, 7) is 4.74. The maximum Gasteiger partial charge on any atom is 0.329 e. The Kier molecular flexibility index (Phi) is 7.16. The second kappa shape index (κ2) is 8.85. The smallest absolute Gasteiger partial charge is 0.329 e. The first-order valence-electron chi connectivity index (χ1n) is 7.53. The van der Waals surface area contributed by atoms with Crippen molar-refractivity contribution in [1.82, 2.24) is 5.32 Å². The van der Waals surface area contributed by atoms with Crippen LogP contribution in [-0.2, 0) is 14.3 Å². The molecule has 2 atom stereocenters. The molecule has 0 spiro atoms. The first-order valence-corrected chi connectivity index (χ1v) is 7.53. The van der Waals surface area contributed by atoms with Gasteiger partial charge in [0.25, 0.3) is 5.91 Å². The minimum absolute atomic E-state index is 0.210. The lowest BCUT2D eigenvalue weighted by molar-refractivity contribution is -0.150. The number of primary amides is 1. The number of carbonyl (C=O) groups excluding carboxylic acids is 3. The molecule has 7 nitrogen and oxygen atoms in total. The van der Waals surface area contributed by atoms with Gasteiger partial charge in [-0.15, -0.1) is 0 Å². The maximum atomic E-state index is 13.2. The fourth-order valence-corrected chi connectivity index (χ4v) is 1.96. The van der Waals surface area contributed by atoms with E-state index < -0.39 is 36.4 Å². The fourth-order valence-electron chi connectivity index (χ4n) is 1.96. The van der Waals surface area contributed by atoms with Crippen LogP contribution in [0.3, 0.4) is 0 Å². The molecule has 0 fully saturated rings. The van der Waals surface area contributed by atoms with Crippen LogP contribution in [-0.4, -0.2) is 30.6 Å². The summed E-state index contributed by atoms with van der Waals surface area (Å²) >= 11 is 0. The number of hydrogen-bond acceptors (Lipinski definition) is 4. The van der Waals surface area contributed by atoms with E-state index in [0.29, 0.717) is 17.7 Å². The standard InChI is InChI=1S/C16H22FN3O4/c1-4-9(2)14(20-16(18)23)15(22)24-8-13(21)19-12-7-11(17)6-5-10(12)3/h5-7,9,14H,4,8H2,1-3H3,(H,19,21)(H3,18,20,23). The third-order valence-corrected chi connectivity index (χ3v) is 3.58. The van der Waals surface area contributed by atoms with Crippen molar-refractivity contribution in [2.24, 2.45) is 11.7 Å². The first-order chi connectivity index (χ1) is 11.2. The normalized spacial score (nSPS) is 12.8. The summed E-state index contributed by atoms with van der Waals surface area (Å²) < 4.78 is 18.1. The van der Waals surface area contributed by atoms with Gasteiger partial charge in [0.2, 0.25) is 0 Å². The summed E-state index contributed by atoms with van der Waals surface area (Å²) in [6.07, 6.45) is 0.606. The monoisotopic (exact) mass is 339 g/mol. The third kappa shape index (κ3) is 5.86. The number of benzene rings is 1. The molecule has 0 saturated carbocycles. The van der Waals surface area contributed by atoms with Crippen LogP contribution >= 0.6 is 0 Å². The van der Waals surface area contributed by atoms with Crippen LogP contribution in [0.4, 0.5) is 14.9 Å². The number of esters is 1. The zero-order chi connectivity index (χ0) is 18.3. The van der Waals surface area contributed by atoms with Crippen molar-refractivity contribution < 1.29 is 23.5 Å². The number of aryl methyl sites for hydroxylation is 1. The van der Waals surface area contributed by atoms with Crippen molar-refractivity contribution >= 4 is 23.6 Å². The Morgan fingerprint density at radius 2 is 2.00 bits per heavy atom. The average Bonchev–Trinajstić information content (AvgIpc) is 2.52. The summed E-state index contributed by atoms with van der Waals surface area (Å²) in [6, 6.07) is 2.18. The van der Waals surface area contributed by atoms with Gasteiger partial charge in [-0.25, -0.2) is 14.0 Å². The minimum atomic E-state index is -0.934. The summed E-state index contributed by atoms with van der Waals surface area (Å²) in [5.41, 5.74) is 6.01. The second-order valence-corrected chi connectivity index (χ2v) is 5.49. The zero-order valence-electron chi connectivity index (χ0n) is 13.9. The van der Waals surface area contributed by atoms with Gasteiger partial charge in [-0.05, 0) is 30.5 Å². The molecule has 0 aromatic heterocycles. The highest BCUT2D eigenvalue weighted by Gasteiger charge is 2.27. The van der Waals surface area contributed by atoms with Crippen LogP contribution in [0.1, 0.15) is 25.8 Å².